The van der Waals surface area contributed by atoms with E-state index < -0.39 is 0 Å². The molecule has 0 aromatic heterocycles. The quantitative estimate of drug-likeness (QED) is 0.706. The van der Waals surface area contributed by atoms with E-state index in [1.54, 1.807) is 0 Å². The molecule has 0 N–H and O–H groups in total. The minimum Gasteiger partial charge on any atom is -0.365 e. The SMILES string of the molecule is CCC(CC)N(CCBr)C(=O)C1CCC(C)O1. The number of hydrogen-bond donors (Lipinski definition) is 0. The fourth-order valence-electron chi connectivity index (χ4n) is 2.46. The maximum atomic E-state index is 12.4. The van der Waals surface area contributed by atoms with E-state index in [0.29, 0.717) is 6.04 Å². The molecule has 3 nitrogen and oxygen atoms in total. The minimum absolute atomic E-state index is 0.183. The van der Waals surface area contributed by atoms with Gasteiger partial charge in [0.15, 0.2) is 0 Å². The molecule has 1 saturated heterocycles. The molecule has 1 heterocycles. The summed E-state index contributed by atoms with van der Waals surface area (Å²) in [5.74, 6) is 0.183. The zero-order chi connectivity index (χ0) is 12.8. The summed E-state index contributed by atoms with van der Waals surface area (Å²) in [4.78, 5) is 14.4. The zero-order valence-electron chi connectivity index (χ0n) is 11.1. The number of nitrogens with zero attached hydrogens (tertiary/aromatic N) is 1. The van der Waals surface area contributed by atoms with Gasteiger partial charge in [-0.2, -0.15) is 0 Å². The number of rotatable bonds is 6. The van der Waals surface area contributed by atoms with Crippen LogP contribution in [0, 0.1) is 0 Å². The van der Waals surface area contributed by atoms with Crippen LogP contribution in [0.5, 0.6) is 0 Å². The maximum absolute atomic E-state index is 12.4. The molecule has 0 aliphatic carbocycles. The van der Waals surface area contributed by atoms with Gasteiger partial charge in [0.1, 0.15) is 6.10 Å². The van der Waals surface area contributed by atoms with Gasteiger partial charge in [0.25, 0.3) is 5.91 Å². The van der Waals surface area contributed by atoms with Crippen LogP contribution in [-0.4, -0.2) is 40.9 Å². The Morgan fingerprint density at radius 1 is 1.41 bits per heavy atom. The van der Waals surface area contributed by atoms with E-state index in [1.165, 1.54) is 0 Å². The number of carbonyl (C=O) groups excluding carboxylic acids is 1. The molecule has 1 amide bonds. The Bertz CT molecular complexity index is 244. The zero-order valence-corrected chi connectivity index (χ0v) is 12.7. The number of amides is 1. The molecule has 2 atom stereocenters. The normalized spacial score (nSPS) is 24.3. The Labute approximate surface area is 113 Å². The van der Waals surface area contributed by atoms with Gasteiger partial charge < -0.3 is 9.64 Å². The lowest BCUT2D eigenvalue weighted by Crippen LogP contribution is -2.46. The number of hydrogen-bond acceptors (Lipinski definition) is 2. The average Bonchev–Trinajstić information content (AvgIpc) is 2.75. The van der Waals surface area contributed by atoms with Crippen LogP contribution in [0.25, 0.3) is 0 Å². The second-order valence-electron chi connectivity index (χ2n) is 4.70. The third kappa shape index (κ3) is 3.95. The topological polar surface area (TPSA) is 29.5 Å². The van der Waals surface area contributed by atoms with E-state index in [4.69, 9.17) is 4.74 Å². The molecule has 0 spiro atoms. The Morgan fingerprint density at radius 2 is 2.06 bits per heavy atom. The van der Waals surface area contributed by atoms with Crippen molar-refractivity contribution >= 4 is 21.8 Å². The highest BCUT2D eigenvalue weighted by atomic mass is 79.9. The van der Waals surface area contributed by atoms with Crippen molar-refractivity contribution in [3.05, 3.63) is 0 Å². The Hall–Kier alpha value is -0.0900. The van der Waals surface area contributed by atoms with Crippen LogP contribution in [0.3, 0.4) is 0 Å². The second-order valence-corrected chi connectivity index (χ2v) is 5.50. The van der Waals surface area contributed by atoms with Crippen LogP contribution in [0.4, 0.5) is 0 Å². The molecule has 0 bridgehead atoms. The summed E-state index contributed by atoms with van der Waals surface area (Å²) >= 11 is 3.43. The molecule has 1 aliphatic rings. The lowest BCUT2D eigenvalue weighted by Gasteiger charge is -2.32. The predicted molar refractivity (Wildman–Crippen MR) is 73.4 cm³/mol. The van der Waals surface area contributed by atoms with Gasteiger partial charge in [-0.3, -0.25) is 4.79 Å². The van der Waals surface area contributed by atoms with Gasteiger partial charge >= 0.3 is 0 Å². The lowest BCUT2D eigenvalue weighted by molar-refractivity contribution is -0.144. The smallest absolute Gasteiger partial charge is 0.251 e. The first kappa shape index (κ1) is 15.0. The number of halogens is 1. The van der Waals surface area contributed by atoms with Crippen molar-refractivity contribution in [3.8, 4) is 0 Å². The molecule has 0 aromatic rings. The van der Waals surface area contributed by atoms with Crippen molar-refractivity contribution < 1.29 is 9.53 Å². The molecule has 1 aliphatic heterocycles. The molecule has 0 aromatic carbocycles. The molecule has 2 unspecified atom stereocenters. The summed E-state index contributed by atoms with van der Waals surface area (Å²) in [5.41, 5.74) is 0. The summed E-state index contributed by atoms with van der Waals surface area (Å²) in [6.07, 6.45) is 3.93. The third-order valence-corrected chi connectivity index (χ3v) is 3.85. The molecule has 1 fully saturated rings. The van der Waals surface area contributed by atoms with Crippen LogP contribution in [0.1, 0.15) is 46.5 Å². The summed E-state index contributed by atoms with van der Waals surface area (Å²) in [6, 6.07) is 0.347. The number of ether oxygens (including phenoxy) is 1. The van der Waals surface area contributed by atoms with Crippen molar-refractivity contribution in [1.29, 1.82) is 0 Å². The molecular formula is C13H24BrNO2. The van der Waals surface area contributed by atoms with Gasteiger partial charge in [-0.15, -0.1) is 0 Å². The van der Waals surface area contributed by atoms with Crippen LogP contribution in [0.15, 0.2) is 0 Å². The Balaban J connectivity index is 2.65. The summed E-state index contributed by atoms with van der Waals surface area (Å²) in [5, 5.41) is 0.831. The van der Waals surface area contributed by atoms with Gasteiger partial charge in [0.05, 0.1) is 6.10 Å². The van der Waals surface area contributed by atoms with Crippen LogP contribution >= 0.6 is 15.9 Å². The van der Waals surface area contributed by atoms with E-state index >= 15 is 0 Å². The number of alkyl halides is 1. The molecule has 0 radical (unpaired) electrons. The maximum Gasteiger partial charge on any atom is 0.251 e. The van der Waals surface area contributed by atoms with Crippen molar-refractivity contribution in [1.82, 2.24) is 4.90 Å². The first-order valence-corrected chi connectivity index (χ1v) is 7.78. The summed E-state index contributed by atoms with van der Waals surface area (Å²) in [7, 11) is 0. The average molecular weight is 306 g/mol. The van der Waals surface area contributed by atoms with E-state index in [-0.39, 0.29) is 18.1 Å². The van der Waals surface area contributed by atoms with Gasteiger partial charge in [-0.1, -0.05) is 29.8 Å². The molecule has 1 rings (SSSR count). The summed E-state index contributed by atoms with van der Waals surface area (Å²) < 4.78 is 5.68. The molecule has 0 saturated carbocycles. The van der Waals surface area contributed by atoms with Gasteiger partial charge in [0, 0.05) is 17.9 Å². The first-order valence-electron chi connectivity index (χ1n) is 6.65. The first-order chi connectivity index (χ1) is 8.13. The van der Waals surface area contributed by atoms with Gasteiger partial charge in [-0.25, -0.2) is 0 Å². The third-order valence-electron chi connectivity index (χ3n) is 3.50. The predicted octanol–water partition coefficient (Wildman–Crippen LogP) is 2.97. The van der Waals surface area contributed by atoms with Crippen molar-refractivity contribution in [2.24, 2.45) is 0 Å². The molecule has 4 heteroatoms. The standard InChI is InChI=1S/C13H24BrNO2/c1-4-11(5-2)15(9-8-14)13(16)12-7-6-10(3)17-12/h10-12H,4-9H2,1-3H3. The van der Waals surface area contributed by atoms with E-state index in [1.807, 2.05) is 11.8 Å². The highest BCUT2D eigenvalue weighted by Gasteiger charge is 2.33. The number of carbonyl (C=O) groups is 1. The lowest BCUT2D eigenvalue weighted by atomic mass is 10.1. The van der Waals surface area contributed by atoms with Gasteiger partial charge in [0.2, 0.25) is 0 Å². The van der Waals surface area contributed by atoms with E-state index in [0.717, 1.165) is 37.6 Å². The highest BCUT2D eigenvalue weighted by molar-refractivity contribution is 9.09. The minimum atomic E-state index is -0.204. The second kappa shape index (κ2) is 7.37. The largest absolute Gasteiger partial charge is 0.365 e. The molecule has 100 valence electrons. The van der Waals surface area contributed by atoms with E-state index in [2.05, 4.69) is 29.8 Å². The fourth-order valence-corrected chi connectivity index (χ4v) is 2.84. The van der Waals surface area contributed by atoms with E-state index in [9.17, 15) is 4.79 Å². The highest BCUT2D eigenvalue weighted by Crippen LogP contribution is 2.22. The Kier molecular flexibility index (Phi) is 6.49. The fraction of sp³-hybridized carbons (Fsp3) is 0.923. The van der Waals surface area contributed by atoms with Crippen LogP contribution in [0.2, 0.25) is 0 Å². The van der Waals surface area contributed by atoms with Crippen molar-refractivity contribution in [2.45, 2.75) is 64.7 Å². The molecular weight excluding hydrogens is 282 g/mol. The van der Waals surface area contributed by atoms with Crippen LogP contribution < -0.4 is 0 Å². The molecule has 17 heavy (non-hydrogen) atoms. The van der Waals surface area contributed by atoms with Crippen LogP contribution in [-0.2, 0) is 9.53 Å². The van der Waals surface area contributed by atoms with Crippen molar-refractivity contribution in [2.75, 3.05) is 11.9 Å². The van der Waals surface area contributed by atoms with Gasteiger partial charge in [-0.05, 0) is 32.6 Å². The monoisotopic (exact) mass is 305 g/mol. The summed E-state index contributed by atoms with van der Waals surface area (Å²) in [6.45, 7) is 7.10. The van der Waals surface area contributed by atoms with Crippen molar-refractivity contribution in [3.63, 3.8) is 0 Å². The Morgan fingerprint density at radius 3 is 2.47 bits per heavy atom.